The van der Waals surface area contributed by atoms with E-state index in [2.05, 4.69) is 28.2 Å². The fraction of sp³-hybridized carbons (Fsp3) is 0.261. The van der Waals surface area contributed by atoms with Crippen molar-refractivity contribution in [2.24, 2.45) is 0 Å². The molecule has 28 heavy (non-hydrogen) atoms. The van der Waals surface area contributed by atoms with Gasteiger partial charge in [-0.25, -0.2) is 0 Å². The molecule has 0 bridgehead atoms. The van der Waals surface area contributed by atoms with Crippen LogP contribution in [0.3, 0.4) is 0 Å². The molecule has 0 saturated carbocycles. The van der Waals surface area contributed by atoms with Crippen LogP contribution in [0.1, 0.15) is 40.9 Å². The summed E-state index contributed by atoms with van der Waals surface area (Å²) in [4.78, 5) is 13.8. The smallest absolute Gasteiger partial charge is 0.252 e. The molecule has 0 atom stereocenters. The first-order valence-corrected chi connectivity index (χ1v) is 11.3. The van der Waals surface area contributed by atoms with Gasteiger partial charge in [0, 0.05) is 17.2 Å². The molecule has 1 heterocycles. The Morgan fingerprint density at radius 3 is 2.57 bits per heavy atom. The van der Waals surface area contributed by atoms with Crippen molar-refractivity contribution >= 4 is 29.0 Å². The van der Waals surface area contributed by atoms with Crippen molar-refractivity contribution in [3.8, 4) is 0 Å². The molecule has 3 aromatic rings. The fourth-order valence-electron chi connectivity index (χ4n) is 2.71. The van der Waals surface area contributed by atoms with Gasteiger partial charge in [-0.15, -0.1) is 11.8 Å². The van der Waals surface area contributed by atoms with Gasteiger partial charge in [0.2, 0.25) is 0 Å². The summed E-state index contributed by atoms with van der Waals surface area (Å²) in [6.07, 6.45) is 0.176. The highest BCUT2D eigenvalue weighted by atomic mass is 32.2. The number of thioether (sulfide) groups is 1. The van der Waals surface area contributed by atoms with Gasteiger partial charge in [-0.1, -0.05) is 36.4 Å². The van der Waals surface area contributed by atoms with Gasteiger partial charge < -0.3 is 10.1 Å². The molecule has 0 unspecified atom stereocenters. The average molecular weight is 412 g/mol. The topological polar surface area (TPSA) is 38.3 Å². The van der Waals surface area contributed by atoms with Crippen LogP contribution in [0.4, 0.5) is 0 Å². The third-order valence-corrected chi connectivity index (χ3v) is 6.11. The number of nitrogens with one attached hydrogen (secondary N) is 1. The highest BCUT2D eigenvalue weighted by Gasteiger charge is 2.12. The van der Waals surface area contributed by atoms with Crippen LogP contribution in [0.2, 0.25) is 0 Å². The maximum absolute atomic E-state index is 12.8. The Balaban J connectivity index is 1.64. The van der Waals surface area contributed by atoms with Crippen LogP contribution in [0.5, 0.6) is 0 Å². The van der Waals surface area contributed by atoms with Crippen LogP contribution in [0.25, 0.3) is 0 Å². The first-order chi connectivity index (χ1) is 13.6. The Hall–Kier alpha value is -2.08. The lowest BCUT2D eigenvalue weighted by Gasteiger charge is -2.14. The molecule has 1 N–H and O–H groups in total. The summed E-state index contributed by atoms with van der Waals surface area (Å²) in [5.41, 5.74) is 4.19. The largest absolute Gasteiger partial charge is 0.374 e. The van der Waals surface area contributed by atoms with Crippen LogP contribution < -0.4 is 5.32 Å². The summed E-state index contributed by atoms with van der Waals surface area (Å²) in [5.74, 6) is 0.816. The maximum atomic E-state index is 12.8. The monoisotopic (exact) mass is 411 g/mol. The lowest BCUT2D eigenvalue weighted by Crippen LogP contribution is -2.24. The summed E-state index contributed by atoms with van der Waals surface area (Å²) in [6.45, 7) is 5.08. The molecule has 1 amide bonds. The molecule has 0 fully saturated rings. The highest BCUT2D eigenvalue weighted by Crippen LogP contribution is 2.27. The van der Waals surface area contributed by atoms with Crippen molar-refractivity contribution in [3.05, 3.63) is 87.6 Å². The van der Waals surface area contributed by atoms with Crippen LogP contribution in [0, 0.1) is 0 Å². The van der Waals surface area contributed by atoms with E-state index in [0.717, 1.165) is 27.3 Å². The number of rotatable bonds is 9. The molecule has 5 heteroatoms. The minimum Gasteiger partial charge on any atom is -0.374 e. The Morgan fingerprint density at radius 1 is 1.07 bits per heavy atom. The molecule has 0 aliphatic carbocycles. The normalized spacial score (nSPS) is 11.0. The van der Waals surface area contributed by atoms with E-state index in [4.69, 9.17) is 4.74 Å². The molecule has 0 radical (unpaired) electrons. The Labute approximate surface area is 175 Å². The number of hydrogen-bond donors (Lipinski definition) is 1. The SMILES string of the molecule is CC(C)OCc1ccccc1CNC(=O)c1ccccc1SCc1ccsc1. The van der Waals surface area contributed by atoms with E-state index in [1.54, 1.807) is 23.1 Å². The van der Waals surface area contributed by atoms with Crippen molar-refractivity contribution < 1.29 is 9.53 Å². The highest BCUT2D eigenvalue weighted by molar-refractivity contribution is 7.98. The molecule has 1 aromatic heterocycles. The average Bonchev–Trinajstić information content (AvgIpc) is 3.23. The number of hydrogen-bond acceptors (Lipinski definition) is 4. The molecule has 3 nitrogen and oxygen atoms in total. The predicted molar refractivity (Wildman–Crippen MR) is 118 cm³/mol. The third-order valence-electron chi connectivity index (χ3n) is 4.24. The van der Waals surface area contributed by atoms with Crippen LogP contribution in [0.15, 0.2) is 70.3 Å². The lowest BCUT2D eigenvalue weighted by atomic mass is 10.1. The molecule has 3 rings (SSSR count). The Kier molecular flexibility index (Phi) is 7.71. The summed E-state index contributed by atoms with van der Waals surface area (Å²) in [7, 11) is 0. The molecular formula is C23H25NO2S2. The molecule has 0 aliphatic rings. The van der Waals surface area contributed by atoms with E-state index in [1.807, 2.05) is 56.3 Å². The first-order valence-electron chi connectivity index (χ1n) is 9.33. The minimum absolute atomic E-state index is 0.0481. The van der Waals surface area contributed by atoms with Gasteiger partial charge in [0.25, 0.3) is 5.91 Å². The van der Waals surface area contributed by atoms with Crippen molar-refractivity contribution in [2.45, 2.75) is 43.8 Å². The number of benzene rings is 2. The number of amides is 1. The van der Waals surface area contributed by atoms with Crippen LogP contribution in [-0.2, 0) is 23.6 Å². The van der Waals surface area contributed by atoms with E-state index >= 15 is 0 Å². The molecule has 0 saturated heterocycles. The third kappa shape index (κ3) is 5.96. The van der Waals surface area contributed by atoms with Crippen LogP contribution >= 0.6 is 23.1 Å². The van der Waals surface area contributed by atoms with E-state index in [1.165, 1.54) is 5.56 Å². The van der Waals surface area contributed by atoms with E-state index < -0.39 is 0 Å². The summed E-state index contributed by atoms with van der Waals surface area (Å²) < 4.78 is 5.73. The van der Waals surface area contributed by atoms with Gasteiger partial charge in [0.05, 0.1) is 18.3 Å². The van der Waals surface area contributed by atoms with Gasteiger partial charge in [-0.05, 0) is 59.5 Å². The second kappa shape index (κ2) is 10.5. The molecule has 146 valence electrons. The van der Waals surface area contributed by atoms with Gasteiger partial charge in [-0.2, -0.15) is 11.3 Å². The predicted octanol–water partition coefficient (Wildman–Crippen LogP) is 5.90. The van der Waals surface area contributed by atoms with E-state index in [0.29, 0.717) is 13.2 Å². The minimum atomic E-state index is -0.0481. The number of carbonyl (C=O) groups excluding carboxylic acids is 1. The Bertz CT molecular complexity index is 891. The summed E-state index contributed by atoms with van der Waals surface area (Å²) >= 11 is 3.39. The standard InChI is InChI=1S/C23H25NO2S2/c1-17(2)26-14-20-8-4-3-7-19(20)13-24-23(25)21-9-5-6-10-22(21)28-16-18-11-12-27-15-18/h3-12,15,17H,13-14,16H2,1-2H3,(H,24,25). The van der Waals surface area contributed by atoms with Crippen molar-refractivity contribution in [1.82, 2.24) is 5.32 Å². The number of carbonyl (C=O) groups is 1. The summed E-state index contributed by atoms with van der Waals surface area (Å²) in [6, 6.07) is 18.0. The number of ether oxygens (including phenoxy) is 1. The Morgan fingerprint density at radius 2 is 1.82 bits per heavy atom. The molecule has 2 aromatic carbocycles. The molecular weight excluding hydrogens is 386 g/mol. The van der Waals surface area contributed by atoms with Gasteiger partial charge in [0.15, 0.2) is 0 Å². The maximum Gasteiger partial charge on any atom is 0.252 e. The zero-order valence-corrected chi connectivity index (χ0v) is 17.8. The second-order valence-electron chi connectivity index (χ2n) is 6.73. The van der Waals surface area contributed by atoms with Crippen molar-refractivity contribution in [3.63, 3.8) is 0 Å². The quantitative estimate of drug-likeness (QED) is 0.446. The van der Waals surface area contributed by atoms with E-state index in [-0.39, 0.29) is 12.0 Å². The second-order valence-corrected chi connectivity index (χ2v) is 8.52. The summed E-state index contributed by atoms with van der Waals surface area (Å²) in [5, 5.41) is 7.29. The molecule has 0 spiro atoms. The zero-order valence-electron chi connectivity index (χ0n) is 16.2. The van der Waals surface area contributed by atoms with Gasteiger partial charge in [-0.3, -0.25) is 4.79 Å². The van der Waals surface area contributed by atoms with Gasteiger partial charge >= 0.3 is 0 Å². The first kappa shape index (κ1) is 20.6. The van der Waals surface area contributed by atoms with Crippen molar-refractivity contribution in [1.29, 1.82) is 0 Å². The number of thiophene rings is 1. The fourth-order valence-corrected chi connectivity index (χ4v) is 4.48. The van der Waals surface area contributed by atoms with E-state index in [9.17, 15) is 4.79 Å². The van der Waals surface area contributed by atoms with Gasteiger partial charge in [0.1, 0.15) is 0 Å². The lowest BCUT2D eigenvalue weighted by molar-refractivity contribution is 0.0651. The zero-order chi connectivity index (χ0) is 19.8. The van der Waals surface area contributed by atoms with Crippen LogP contribution in [-0.4, -0.2) is 12.0 Å². The molecule has 0 aliphatic heterocycles. The van der Waals surface area contributed by atoms with Crippen molar-refractivity contribution in [2.75, 3.05) is 0 Å².